The van der Waals surface area contributed by atoms with Crippen LogP contribution in [0.15, 0.2) is 12.1 Å². The summed E-state index contributed by atoms with van der Waals surface area (Å²) in [5, 5.41) is 0. The summed E-state index contributed by atoms with van der Waals surface area (Å²) in [6, 6.07) is 1.78. The van der Waals surface area contributed by atoms with Gasteiger partial charge in [-0.15, -0.1) is 0 Å². The molecule has 138 valence electrons. The molecule has 1 aromatic carbocycles. The largest absolute Gasteiger partial charge is 0.444 e. The smallest absolute Gasteiger partial charge is 0.414 e. The van der Waals surface area contributed by atoms with Crippen molar-refractivity contribution in [3.05, 3.63) is 29.3 Å². The van der Waals surface area contributed by atoms with E-state index in [0.717, 1.165) is 17.0 Å². The number of rotatable bonds is 3. The lowest BCUT2D eigenvalue weighted by Gasteiger charge is -2.30. The minimum absolute atomic E-state index is 0.0493. The highest BCUT2D eigenvalue weighted by Gasteiger charge is 2.43. The van der Waals surface area contributed by atoms with Crippen LogP contribution in [0.4, 0.5) is 23.7 Å². The Bertz CT molecular complexity index is 775. The van der Waals surface area contributed by atoms with E-state index in [4.69, 9.17) is 4.74 Å². The fourth-order valence-corrected chi connectivity index (χ4v) is 4.67. The van der Waals surface area contributed by atoms with Crippen LogP contribution in [0, 0.1) is 11.6 Å². The Morgan fingerprint density at radius 3 is 2.28 bits per heavy atom. The number of ether oxygens (including phenoxy) is 1. The van der Waals surface area contributed by atoms with Gasteiger partial charge in [0.2, 0.25) is 0 Å². The van der Waals surface area contributed by atoms with E-state index in [1.165, 1.54) is 0 Å². The molecule has 0 unspecified atom stereocenters. The van der Waals surface area contributed by atoms with Gasteiger partial charge in [-0.05, 0) is 31.4 Å². The first-order valence-corrected chi connectivity index (χ1v) is 9.84. The zero-order valence-electron chi connectivity index (χ0n) is 13.6. The van der Waals surface area contributed by atoms with E-state index in [0.29, 0.717) is 6.42 Å². The Morgan fingerprint density at radius 2 is 1.80 bits per heavy atom. The van der Waals surface area contributed by atoms with Crippen LogP contribution in [0.5, 0.6) is 0 Å². The van der Waals surface area contributed by atoms with Gasteiger partial charge < -0.3 is 4.74 Å². The molecule has 0 radical (unpaired) electrons. The molecular weight excluding hydrogens is 359 g/mol. The van der Waals surface area contributed by atoms with Crippen molar-refractivity contribution in [1.82, 2.24) is 0 Å². The Hall–Kier alpha value is -1.77. The zero-order chi connectivity index (χ0) is 18.4. The Labute approximate surface area is 143 Å². The normalized spacial score (nSPS) is 25.0. The van der Waals surface area contributed by atoms with Crippen molar-refractivity contribution in [1.29, 1.82) is 0 Å². The van der Waals surface area contributed by atoms with Crippen molar-refractivity contribution in [2.75, 3.05) is 23.0 Å². The lowest BCUT2D eigenvalue weighted by atomic mass is 9.89. The summed E-state index contributed by atoms with van der Waals surface area (Å²) in [6.45, 7) is 1.97. The number of carbonyl (C=O) groups is 1. The van der Waals surface area contributed by atoms with E-state index in [9.17, 15) is 22.0 Å². The molecule has 2 aliphatic heterocycles. The van der Waals surface area contributed by atoms with Crippen LogP contribution < -0.4 is 4.90 Å². The van der Waals surface area contributed by atoms with Crippen molar-refractivity contribution in [3.63, 3.8) is 0 Å². The van der Waals surface area contributed by atoms with Gasteiger partial charge in [-0.2, -0.15) is 0 Å². The number of anilines is 1. The van der Waals surface area contributed by atoms with Gasteiger partial charge in [0, 0.05) is 0 Å². The van der Waals surface area contributed by atoms with Gasteiger partial charge >= 0.3 is 6.09 Å². The second-order valence-corrected chi connectivity index (χ2v) is 8.73. The fourth-order valence-electron chi connectivity index (χ4n) is 3.20. The Morgan fingerprint density at radius 1 is 1.24 bits per heavy atom. The summed E-state index contributed by atoms with van der Waals surface area (Å²) in [6.07, 6.45) is -1.50. The van der Waals surface area contributed by atoms with Crippen LogP contribution in [0.25, 0.3) is 0 Å². The van der Waals surface area contributed by atoms with Crippen LogP contribution >= 0.6 is 0 Å². The van der Waals surface area contributed by atoms with Gasteiger partial charge in [-0.3, -0.25) is 4.90 Å². The van der Waals surface area contributed by atoms with Crippen LogP contribution in [-0.2, 0) is 20.2 Å². The molecule has 3 rings (SSSR count). The Balaban J connectivity index is 1.93. The number of nitrogens with zero attached hydrogens (tertiary/aromatic N) is 1. The molecule has 0 aromatic heterocycles. The number of alkyl halides is 1. The summed E-state index contributed by atoms with van der Waals surface area (Å²) >= 11 is 0. The standard InChI is InChI=1S/C16H18F3NO4S/c1-2-11-9-20(15(21)24-11)10-7-12(17)14(13(18)8-10)16(19)3-5-25(22,23)6-4-16/h7-8,11H,2-6,9H2,1H3/t11-/m0/s1. The van der Waals surface area contributed by atoms with E-state index in [2.05, 4.69) is 0 Å². The first-order chi connectivity index (χ1) is 11.6. The van der Waals surface area contributed by atoms with Gasteiger partial charge in [0.05, 0.1) is 29.3 Å². The van der Waals surface area contributed by atoms with E-state index >= 15 is 4.39 Å². The number of hydrogen-bond donors (Lipinski definition) is 0. The first kappa shape index (κ1) is 18.0. The maximum atomic E-state index is 15.0. The molecule has 0 spiro atoms. The quantitative estimate of drug-likeness (QED) is 0.812. The molecule has 0 bridgehead atoms. The molecule has 2 heterocycles. The number of benzene rings is 1. The predicted octanol–water partition coefficient (Wildman–Crippen LogP) is 3.07. The topological polar surface area (TPSA) is 63.7 Å². The molecule has 2 saturated heterocycles. The van der Waals surface area contributed by atoms with Crippen molar-refractivity contribution in [2.45, 2.75) is 38.0 Å². The van der Waals surface area contributed by atoms with Crippen LogP contribution in [-0.4, -0.2) is 38.7 Å². The van der Waals surface area contributed by atoms with Crippen molar-refractivity contribution in [2.24, 2.45) is 0 Å². The number of sulfone groups is 1. The Kier molecular flexibility index (Phi) is 4.47. The summed E-state index contributed by atoms with van der Waals surface area (Å²) in [5.41, 5.74) is -3.20. The molecule has 2 fully saturated rings. The average Bonchev–Trinajstić information content (AvgIpc) is 2.91. The molecular formula is C16H18F3NO4S. The second-order valence-electron chi connectivity index (χ2n) is 6.43. The van der Waals surface area contributed by atoms with Gasteiger partial charge in [-0.25, -0.2) is 26.4 Å². The SMILES string of the molecule is CC[C@H]1CN(c2cc(F)c(C3(F)CCS(=O)(=O)CC3)c(F)c2)C(=O)O1. The van der Waals surface area contributed by atoms with Crippen molar-refractivity contribution >= 4 is 21.6 Å². The van der Waals surface area contributed by atoms with E-state index in [1.807, 2.05) is 6.92 Å². The molecule has 1 aromatic rings. The summed E-state index contributed by atoms with van der Waals surface area (Å²) in [4.78, 5) is 12.9. The number of cyclic esters (lactones) is 1. The summed E-state index contributed by atoms with van der Waals surface area (Å²) in [5.74, 6) is -3.18. The highest BCUT2D eigenvalue weighted by molar-refractivity contribution is 7.91. The monoisotopic (exact) mass is 377 g/mol. The predicted molar refractivity (Wildman–Crippen MR) is 84.9 cm³/mol. The molecule has 5 nitrogen and oxygen atoms in total. The molecule has 0 saturated carbocycles. The van der Waals surface area contributed by atoms with Gasteiger partial charge in [0.15, 0.2) is 9.84 Å². The van der Waals surface area contributed by atoms with Gasteiger partial charge in [0.25, 0.3) is 0 Å². The van der Waals surface area contributed by atoms with Crippen molar-refractivity contribution < 1.29 is 31.1 Å². The molecule has 25 heavy (non-hydrogen) atoms. The maximum absolute atomic E-state index is 15.0. The third-order valence-corrected chi connectivity index (χ3v) is 6.39. The third-order valence-electron chi connectivity index (χ3n) is 4.73. The average molecular weight is 377 g/mol. The minimum atomic E-state index is -3.38. The third kappa shape index (κ3) is 3.33. The zero-order valence-corrected chi connectivity index (χ0v) is 14.4. The number of hydrogen-bond acceptors (Lipinski definition) is 4. The first-order valence-electron chi connectivity index (χ1n) is 8.02. The van der Waals surface area contributed by atoms with Crippen LogP contribution in [0.3, 0.4) is 0 Å². The van der Waals surface area contributed by atoms with Gasteiger partial charge in [0.1, 0.15) is 23.4 Å². The summed E-state index contributed by atoms with van der Waals surface area (Å²) < 4.78 is 71.9. The molecule has 1 amide bonds. The van der Waals surface area contributed by atoms with Crippen LogP contribution in [0.2, 0.25) is 0 Å². The highest BCUT2D eigenvalue weighted by atomic mass is 32.2. The van der Waals surface area contributed by atoms with E-state index in [-0.39, 0.29) is 18.3 Å². The van der Waals surface area contributed by atoms with E-state index < -0.39 is 63.1 Å². The highest BCUT2D eigenvalue weighted by Crippen LogP contribution is 2.41. The molecule has 0 aliphatic carbocycles. The minimum Gasteiger partial charge on any atom is -0.444 e. The second kappa shape index (κ2) is 6.19. The lowest BCUT2D eigenvalue weighted by Crippen LogP contribution is -2.35. The number of halogens is 3. The maximum Gasteiger partial charge on any atom is 0.414 e. The number of carbonyl (C=O) groups excluding carboxylic acids is 1. The van der Waals surface area contributed by atoms with Crippen molar-refractivity contribution in [3.8, 4) is 0 Å². The number of amides is 1. The fraction of sp³-hybridized carbons (Fsp3) is 0.562. The molecule has 1 atom stereocenters. The van der Waals surface area contributed by atoms with Gasteiger partial charge in [-0.1, -0.05) is 6.92 Å². The molecule has 0 N–H and O–H groups in total. The molecule has 2 aliphatic rings. The summed E-state index contributed by atoms with van der Waals surface area (Å²) in [7, 11) is -3.38. The molecule has 9 heteroatoms. The van der Waals surface area contributed by atoms with Crippen LogP contribution in [0.1, 0.15) is 31.7 Å². The lowest BCUT2D eigenvalue weighted by molar-refractivity contribution is 0.136. The van der Waals surface area contributed by atoms with E-state index in [1.54, 1.807) is 0 Å².